The molecule has 3 aromatic carbocycles. The van der Waals surface area contributed by atoms with E-state index in [9.17, 15) is 13.6 Å². The monoisotopic (exact) mass is 531 g/mol. The van der Waals surface area contributed by atoms with E-state index in [0.717, 1.165) is 16.8 Å². The third kappa shape index (κ3) is 4.33. The molecule has 0 fully saturated rings. The van der Waals surface area contributed by atoms with E-state index < -0.39 is 29.2 Å². The summed E-state index contributed by atoms with van der Waals surface area (Å²) in [6, 6.07) is 13.0. The number of aryl methyl sites for hydroxylation is 2. The van der Waals surface area contributed by atoms with Gasteiger partial charge in [-0.2, -0.15) is 0 Å². The fourth-order valence-corrected chi connectivity index (χ4v) is 5.31. The first kappa shape index (κ1) is 24.8. The first-order valence-corrected chi connectivity index (χ1v) is 12.6. The van der Waals surface area contributed by atoms with Crippen LogP contribution in [0.5, 0.6) is 11.5 Å². The molecule has 0 saturated carbocycles. The van der Waals surface area contributed by atoms with E-state index in [1.165, 1.54) is 18.3 Å². The summed E-state index contributed by atoms with van der Waals surface area (Å²) in [5.74, 6) is -2.87. The van der Waals surface area contributed by atoms with Gasteiger partial charge in [0.1, 0.15) is 17.4 Å². The van der Waals surface area contributed by atoms with Crippen LogP contribution in [0.25, 0.3) is 22.3 Å². The maximum Gasteiger partial charge on any atom is 0.303 e. The Labute approximate surface area is 221 Å². The quantitative estimate of drug-likeness (QED) is 0.238. The van der Waals surface area contributed by atoms with E-state index in [1.54, 1.807) is 36.5 Å². The second kappa shape index (κ2) is 9.65. The van der Waals surface area contributed by atoms with Crippen LogP contribution in [0.3, 0.4) is 0 Å². The summed E-state index contributed by atoms with van der Waals surface area (Å²) in [7, 11) is 0. The van der Waals surface area contributed by atoms with Gasteiger partial charge >= 0.3 is 5.97 Å². The van der Waals surface area contributed by atoms with Crippen LogP contribution >= 0.6 is 0 Å². The van der Waals surface area contributed by atoms with Crippen LogP contribution in [0, 0.1) is 17.5 Å². The fraction of sp³-hybridized carbons (Fsp3) is 0.200. The Bertz CT molecular complexity index is 1740. The van der Waals surface area contributed by atoms with Gasteiger partial charge in [-0.3, -0.25) is 4.79 Å². The molecule has 5 aromatic rings. The smallest absolute Gasteiger partial charge is 0.303 e. The van der Waals surface area contributed by atoms with Crippen molar-refractivity contribution in [3.63, 3.8) is 0 Å². The normalized spacial score (nSPS) is 13.2. The summed E-state index contributed by atoms with van der Waals surface area (Å²) in [4.78, 5) is 18.4. The molecule has 2 aromatic heterocycles. The second-order valence-electron chi connectivity index (χ2n) is 9.71. The number of nitrogens with one attached hydrogen (secondary N) is 1. The summed E-state index contributed by atoms with van der Waals surface area (Å²) in [5.41, 5.74) is 3.78. The van der Waals surface area contributed by atoms with Gasteiger partial charge in [-0.15, -0.1) is 0 Å². The summed E-state index contributed by atoms with van der Waals surface area (Å²) >= 11 is 0. The fourth-order valence-electron chi connectivity index (χ4n) is 5.31. The maximum absolute atomic E-state index is 15.3. The van der Waals surface area contributed by atoms with Gasteiger partial charge in [0.2, 0.25) is 0 Å². The number of halogens is 3. The molecule has 1 aliphatic heterocycles. The number of carboxylic acid groups (broad SMARTS) is 1. The lowest BCUT2D eigenvalue weighted by atomic mass is 9.93. The minimum absolute atomic E-state index is 0.112. The van der Waals surface area contributed by atoms with Crippen LogP contribution in [0.2, 0.25) is 0 Å². The summed E-state index contributed by atoms with van der Waals surface area (Å²) in [6.45, 7) is 2.53. The number of rotatable bonds is 7. The molecule has 0 radical (unpaired) electrons. The Morgan fingerprint density at radius 2 is 2.00 bits per heavy atom. The van der Waals surface area contributed by atoms with Crippen LogP contribution in [0.4, 0.5) is 13.2 Å². The van der Waals surface area contributed by atoms with Crippen molar-refractivity contribution in [2.75, 3.05) is 0 Å². The molecule has 0 spiro atoms. The Balaban J connectivity index is 1.33. The summed E-state index contributed by atoms with van der Waals surface area (Å²) < 4.78 is 52.7. The van der Waals surface area contributed by atoms with Crippen molar-refractivity contribution in [2.24, 2.45) is 0 Å². The Hall–Kier alpha value is -4.53. The molecule has 198 valence electrons. The molecule has 39 heavy (non-hydrogen) atoms. The number of aliphatic carboxylic acids is 1. The van der Waals surface area contributed by atoms with Gasteiger partial charge in [0, 0.05) is 54.0 Å². The highest BCUT2D eigenvalue weighted by Crippen LogP contribution is 2.39. The highest BCUT2D eigenvalue weighted by atomic mass is 19.1. The highest BCUT2D eigenvalue weighted by molar-refractivity contribution is 5.82. The first-order valence-electron chi connectivity index (χ1n) is 12.6. The molecule has 0 amide bonds. The highest BCUT2D eigenvalue weighted by Gasteiger charge is 2.26. The largest absolute Gasteiger partial charge is 0.481 e. The molecular formula is C30H24F3N3O3. The van der Waals surface area contributed by atoms with Crippen molar-refractivity contribution < 1.29 is 27.8 Å². The molecule has 0 aliphatic carbocycles. The predicted octanol–water partition coefficient (Wildman–Crippen LogP) is 6.97. The van der Waals surface area contributed by atoms with Gasteiger partial charge < -0.3 is 19.4 Å². The van der Waals surface area contributed by atoms with Gasteiger partial charge in [0.15, 0.2) is 17.4 Å². The van der Waals surface area contributed by atoms with E-state index in [2.05, 4.69) is 9.97 Å². The lowest BCUT2D eigenvalue weighted by Gasteiger charge is -2.23. The number of carboxylic acids is 1. The van der Waals surface area contributed by atoms with Crippen molar-refractivity contribution in [2.45, 2.75) is 38.6 Å². The van der Waals surface area contributed by atoms with Gasteiger partial charge in [-0.25, -0.2) is 18.2 Å². The molecule has 0 saturated heterocycles. The number of carbonyl (C=O) groups is 1. The van der Waals surface area contributed by atoms with Crippen molar-refractivity contribution >= 4 is 16.9 Å². The Kier molecular flexibility index (Phi) is 6.13. The molecule has 6 nitrogen and oxygen atoms in total. The summed E-state index contributed by atoms with van der Waals surface area (Å²) in [5, 5.41) is 9.22. The molecule has 2 N–H and O–H groups in total. The topological polar surface area (TPSA) is 80.1 Å². The average Bonchev–Trinajstić information content (AvgIpc) is 3.57. The second-order valence-corrected chi connectivity index (χ2v) is 9.71. The van der Waals surface area contributed by atoms with Gasteiger partial charge in [-0.05, 0) is 47.7 Å². The SMILES string of the molecule is C[C@@H](c1cccc(CCC(=O)O)c1F)c1cnc2n1CCc1ccc(Oc3c(F)cc4[nH]ccc4c3F)cc1-2. The molecule has 0 bridgehead atoms. The maximum atomic E-state index is 15.3. The number of benzene rings is 3. The number of aromatic amines is 1. The number of nitrogens with zero attached hydrogens (tertiary/aromatic N) is 2. The molecular weight excluding hydrogens is 507 g/mol. The van der Waals surface area contributed by atoms with Crippen molar-refractivity contribution in [3.05, 3.63) is 101 Å². The van der Waals surface area contributed by atoms with E-state index in [4.69, 9.17) is 9.84 Å². The minimum Gasteiger partial charge on any atom is -0.481 e. The molecule has 1 aliphatic rings. The average molecular weight is 532 g/mol. The number of imidazole rings is 1. The van der Waals surface area contributed by atoms with E-state index in [1.807, 2.05) is 17.6 Å². The van der Waals surface area contributed by atoms with Crippen LogP contribution in [0.1, 0.15) is 41.6 Å². The van der Waals surface area contributed by atoms with Crippen LogP contribution in [-0.4, -0.2) is 25.6 Å². The number of hydrogen-bond donors (Lipinski definition) is 2. The zero-order chi connectivity index (χ0) is 27.3. The predicted molar refractivity (Wildman–Crippen MR) is 140 cm³/mol. The lowest BCUT2D eigenvalue weighted by molar-refractivity contribution is -0.136. The van der Waals surface area contributed by atoms with Crippen LogP contribution in [0.15, 0.2) is 60.9 Å². The van der Waals surface area contributed by atoms with Crippen molar-refractivity contribution in [1.29, 1.82) is 0 Å². The molecule has 6 rings (SSSR count). The molecule has 0 unspecified atom stereocenters. The zero-order valence-corrected chi connectivity index (χ0v) is 21.0. The van der Waals surface area contributed by atoms with E-state index in [0.29, 0.717) is 35.4 Å². The number of ether oxygens (including phenoxy) is 1. The number of fused-ring (bicyclic) bond motifs is 4. The number of aromatic nitrogens is 3. The van der Waals surface area contributed by atoms with Crippen molar-refractivity contribution in [1.82, 2.24) is 14.5 Å². The third-order valence-electron chi connectivity index (χ3n) is 7.36. The van der Waals surface area contributed by atoms with Gasteiger partial charge in [-0.1, -0.05) is 31.2 Å². The standard InChI is InChI=1S/C30H24F3N3O3/c1-16(20-4-2-3-18(27(20)32)6-8-26(37)38)25-15-35-30-22-13-19(7-5-17(22)10-12-36(25)30)39-29-23(31)14-24-21(28(29)33)9-11-34-24/h2-5,7,9,11,13-16,34H,6,8,10,12H2,1H3,(H,37,38)/t16-/m0/s1. The lowest BCUT2D eigenvalue weighted by Crippen LogP contribution is -2.16. The number of hydrogen-bond acceptors (Lipinski definition) is 3. The Morgan fingerprint density at radius 3 is 2.82 bits per heavy atom. The first-order chi connectivity index (χ1) is 18.8. The molecule has 9 heteroatoms. The molecule has 3 heterocycles. The van der Waals surface area contributed by atoms with E-state index >= 15 is 4.39 Å². The van der Waals surface area contributed by atoms with E-state index in [-0.39, 0.29) is 29.9 Å². The van der Waals surface area contributed by atoms with Crippen LogP contribution < -0.4 is 4.74 Å². The molecule has 1 atom stereocenters. The zero-order valence-electron chi connectivity index (χ0n) is 21.0. The Morgan fingerprint density at radius 1 is 1.15 bits per heavy atom. The summed E-state index contributed by atoms with van der Waals surface area (Å²) in [6.07, 6.45) is 3.90. The van der Waals surface area contributed by atoms with Crippen LogP contribution in [-0.2, 0) is 24.2 Å². The van der Waals surface area contributed by atoms with Gasteiger partial charge in [0.25, 0.3) is 0 Å². The van der Waals surface area contributed by atoms with Crippen molar-refractivity contribution in [3.8, 4) is 22.9 Å². The van der Waals surface area contributed by atoms with Gasteiger partial charge in [0.05, 0.1) is 5.52 Å². The number of H-pyrrole nitrogens is 1. The minimum atomic E-state index is -0.977. The third-order valence-corrected chi connectivity index (χ3v) is 7.36.